The summed E-state index contributed by atoms with van der Waals surface area (Å²) in [6, 6.07) is 0.253. The number of nitrogens with two attached hydrogens (primary N) is 1. The number of hydrazine groups is 1. The molecule has 1 aromatic rings. The van der Waals surface area contributed by atoms with Gasteiger partial charge in [-0.25, -0.2) is 0 Å². The van der Waals surface area contributed by atoms with E-state index in [0.29, 0.717) is 5.92 Å². The van der Waals surface area contributed by atoms with Crippen molar-refractivity contribution in [2.24, 2.45) is 23.6 Å². The number of aromatic nitrogens is 2. The van der Waals surface area contributed by atoms with Gasteiger partial charge in [-0.05, 0) is 52.9 Å². The predicted octanol–water partition coefficient (Wildman–Crippen LogP) is 2.61. The fourth-order valence-corrected chi connectivity index (χ4v) is 4.36. The van der Waals surface area contributed by atoms with Crippen LogP contribution in [0.4, 0.5) is 0 Å². The normalized spacial score (nSPS) is 31.4. The summed E-state index contributed by atoms with van der Waals surface area (Å²) in [6.07, 6.45) is 7.15. The van der Waals surface area contributed by atoms with Crippen molar-refractivity contribution in [1.29, 1.82) is 0 Å². The minimum Gasteiger partial charge on any atom is -0.271 e. The van der Waals surface area contributed by atoms with Crippen molar-refractivity contribution >= 4 is 15.9 Å². The second-order valence-electron chi connectivity index (χ2n) is 5.58. The first-order chi connectivity index (χ1) is 8.77. The number of rotatable bonds is 5. The molecule has 3 N–H and O–H groups in total. The van der Waals surface area contributed by atoms with E-state index in [4.69, 9.17) is 5.84 Å². The van der Waals surface area contributed by atoms with Gasteiger partial charge >= 0.3 is 0 Å². The molecular formula is C13H21BrN4. The Morgan fingerprint density at radius 2 is 2.28 bits per heavy atom. The summed E-state index contributed by atoms with van der Waals surface area (Å²) in [6.45, 7) is 3.14. The van der Waals surface area contributed by atoms with Gasteiger partial charge in [-0.15, -0.1) is 0 Å². The van der Waals surface area contributed by atoms with Crippen molar-refractivity contribution in [2.45, 2.75) is 45.2 Å². The molecule has 0 aliphatic heterocycles. The second-order valence-corrected chi connectivity index (χ2v) is 6.44. The average molecular weight is 313 g/mol. The van der Waals surface area contributed by atoms with Gasteiger partial charge in [0.2, 0.25) is 0 Å². The van der Waals surface area contributed by atoms with E-state index in [1.165, 1.54) is 25.0 Å². The van der Waals surface area contributed by atoms with Gasteiger partial charge in [0.25, 0.3) is 0 Å². The van der Waals surface area contributed by atoms with Crippen molar-refractivity contribution in [3.63, 3.8) is 0 Å². The van der Waals surface area contributed by atoms with Crippen LogP contribution in [0, 0.1) is 17.8 Å². The Balaban J connectivity index is 1.85. The van der Waals surface area contributed by atoms with Crippen LogP contribution < -0.4 is 11.3 Å². The van der Waals surface area contributed by atoms with Gasteiger partial charge in [-0.1, -0.05) is 13.3 Å². The van der Waals surface area contributed by atoms with E-state index in [1.807, 2.05) is 6.20 Å². The lowest BCUT2D eigenvalue weighted by Gasteiger charge is -2.20. The molecule has 1 aromatic heterocycles. The second kappa shape index (κ2) is 4.94. The van der Waals surface area contributed by atoms with Crippen LogP contribution in [0.3, 0.4) is 0 Å². The van der Waals surface area contributed by atoms with Gasteiger partial charge in [0.15, 0.2) is 0 Å². The molecule has 1 heterocycles. The number of hydrogen-bond donors (Lipinski definition) is 2. The van der Waals surface area contributed by atoms with E-state index in [2.05, 4.69) is 38.1 Å². The molecule has 18 heavy (non-hydrogen) atoms. The fourth-order valence-electron chi connectivity index (χ4n) is 3.81. The van der Waals surface area contributed by atoms with Crippen LogP contribution in [-0.4, -0.2) is 9.78 Å². The third-order valence-electron chi connectivity index (χ3n) is 4.60. The molecule has 2 saturated carbocycles. The van der Waals surface area contributed by atoms with E-state index in [0.717, 1.165) is 29.3 Å². The van der Waals surface area contributed by atoms with Gasteiger partial charge in [0.1, 0.15) is 0 Å². The standard InChI is InChI=1S/C13H21BrN4/c1-2-6-18-13(10(14)7-16-18)12(17-15)11-8-4-3-5-9(8)11/h7-9,11-12,17H,2-6,15H2,1H3. The van der Waals surface area contributed by atoms with Gasteiger partial charge in [-0.3, -0.25) is 16.0 Å². The molecule has 0 bridgehead atoms. The fraction of sp³-hybridized carbons (Fsp3) is 0.769. The van der Waals surface area contributed by atoms with Crippen LogP contribution in [0.5, 0.6) is 0 Å². The predicted molar refractivity (Wildman–Crippen MR) is 74.6 cm³/mol. The minimum absolute atomic E-state index is 0.253. The average Bonchev–Trinajstić information content (AvgIpc) is 2.74. The molecule has 3 atom stereocenters. The maximum Gasteiger partial charge on any atom is 0.0712 e. The number of aryl methyl sites for hydroxylation is 1. The zero-order chi connectivity index (χ0) is 12.7. The molecule has 3 rings (SSSR count). The number of hydrogen-bond acceptors (Lipinski definition) is 3. The molecule has 0 aromatic carbocycles. The van der Waals surface area contributed by atoms with Crippen LogP contribution in [0.2, 0.25) is 0 Å². The van der Waals surface area contributed by atoms with Crippen molar-refractivity contribution in [3.05, 3.63) is 16.4 Å². The molecule has 5 heteroatoms. The maximum absolute atomic E-state index is 5.83. The molecule has 2 aliphatic carbocycles. The van der Waals surface area contributed by atoms with E-state index in [9.17, 15) is 0 Å². The monoisotopic (exact) mass is 312 g/mol. The van der Waals surface area contributed by atoms with Crippen LogP contribution in [0.15, 0.2) is 10.7 Å². The molecule has 100 valence electrons. The molecular weight excluding hydrogens is 292 g/mol. The molecule has 0 radical (unpaired) electrons. The van der Waals surface area contributed by atoms with Crippen LogP contribution in [0.1, 0.15) is 44.3 Å². The first-order valence-electron chi connectivity index (χ1n) is 6.95. The Morgan fingerprint density at radius 3 is 2.89 bits per heavy atom. The number of fused-ring (bicyclic) bond motifs is 1. The smallest absolute Gasteiger partial charge is 0.0712 e. The summed E-state index contributed by atoms with van der Waals surface area (Å²) in [5.74, 6) is 8.33. The summed E-state index contributed by atoms with van der Waals surface area (Å²) >= 11 is 3.63. The summed E-state index contributed by atoms with van der Waals surface area (Å²) in [4.78, 5) is 0. The SMILES string of the molecule is CCCn1ncc(Br)c1C(NN)C1C2CCCC21. The Kier molecular flexibility index (Phi) is 3.47. The maximum atomic E-state index is 5.83. The third kappa shape index (κ3) is 1.92. The molecule has 0 spiro atoms. The summed E-state index contributed by atoms with van der Waals surface area (Å²) in [5.41, 5.74) is 4.28. The van der Waals surface area contributed by atoms with Gasteiger partial charge < -0.3 is 0 Å². The lowest BCUT2D eigenvalue weighted by Crippen LogP contribution is -2.32. The van der Waals surface area contributed by atoms with E-state index >= 15 is 0 Å². The molecule has 0 amide bonds. The van der Waals surface area contributed by atoms with E-state index in [-0.39, 0.29) is 6.04 Å². The van der Waals surface area contributed by atoms with E-state index < -0.39 is 0 Å². The van der Waals surface area contributed by atoms with Crippen molar-refractivity contribution in [3.8, 4) is 0 Å². The highest BCUT2D eigenvalue weighted by Gasteiger charge is 2.56. The van der Waals surface area contributed by atoms with E-state index in [1.54, 1.807) is 0 Å². The van der Waals surface area contributed by atoms with Crippen LogP contribution in [-0.2, 0) is 6.54 Å². The molecule has 3 unspecified atom stereocenters. The quantitative estimate of drug-likeness (QED) is 0.649. The summed E-state index contributed by atoms with van der Waals surface area (Å²) in [7, 11) is 0. The molecule has 2 aliphatic rings. The molecule has 4 nitrogen and oxygen atoms in total. The Labute approximate surface area is 116 Å². The number of nitrogens with one attached hydrogen (secondary N) is 1. The van der Waals surface area contributed by atoms with Crippen LogP contribution in [0.25, 0.3) is 0 Å². The van der Waals surface area contributed by atoms with Gasteiger partial charge in [0.05, 0.1) is 22.4 Å². The first-order valence-corrected chi connectivity index (χ1v) is 7.74. The Bertz CT molecular complexity index is 421. The largest absolute Gasteiger partial charge is 0.271 e. The molecule has 0 saturated heterocycles. The minimum atomic E-state index is 0.253. The lowest BCUT2D eigenvalue weighted by atomic mass is 10.0. The van der Waals surface area contributed by atoms with Gasteiger partial charge in [-0.2, -0.15) is 5.10 Å². The summed E-state index contributed by atoms with van der Waals surface area (Å²) < 4.78 is 3.19. The zero-order valence-corrected chi connectivity index (χ0v) is 12.4. The first kappa shape index (κ1) is 12.6. The Morgan fingerprint density at radius 1 is 1.56 bits per heavy atom. The third-order valence-corrected chi connectivity index (χ3v) is 5.21. The highest BCUT2D eigenvalue weighted by molar-refractivity contribution is 9.10. The number of halogens is 1. The van der Waals surface area contributed by atoms with Crippen molar-refractivity contribution in [2.75, 3.05) is 0 Å². The lowest BCUT2D eigenvalue weighted by molar-refractivity contribution is 0.392. The summed E-state index contributed by atoms with van der Waals surface area (Å²) in [5, 5.41) is 4.45. The van der Waals surface area contributed by atoms with Crippen molar-refractivity contribution < 1.29 is 0 Å². The van der Waals surface area contributed by atoms with Crippen LogP contribution >= 0.6 is 15.9 Å². The Hall–Kier alpha value is -0.390. The highest BCUT2D eigenvalue weighted by atomic mass is 79.9. The number of nitrogens with zero attached hydrogens (tertiary/aromatic N) is 2. The topological polar surface area (TPSA) is 55.9 Å². The zero-order valence-electron chi connectivity index (χ0n) is 10.8. The van der Waals surface area contributed by atoms with Crippen molar-refractivity contribution in [1.82, 2.24) is 15.2 Å². The molecule has 2 fully saturated rings. The van der Waals surface area contributed by atoms with Gasteiger partial charge in [0, 0.05) is 6.54 Å². The highest BCUT2D eigenvalue weighted by Crippen LogP contribution is 2.62.